The Bertz CT molecular complexity index is 977. The van der Waals surface area contributed by atoms with Crippen molar-refractivity contribution in [3.05, 3.63) is 47.4 Å². The Hall–Kier alpha value is -3.13. The first kappa shape index (κ1) is 21.1. The lowest BCUT2D eigenvalue weighted by atomic mass is 10.1. The number of likely N-dealkylation sites (tertiary alicyclic amines) is 1. The number of fused-ring (bicyclic) bond motifs is 1. The number of Topliss-reactive ketones (excluding diaryl/α,β-unsaturated/α-hetero) is 1. The van der Waals surface area contributed by atoms with E-state index in [2.05, 4.69) is 10.2 Å². The summed E-state index contributed by atoms with van der Waals surface area (Å²) < 4.78 is 11.2. The molecule has 0 radical (unpaired) electrons. The molecule has 8 nitrogen and oxygen atoms in total. The smallest absolute Gasteiger partial charge is 0.287 e. The summed E-state index contributed by atoms with van der Waals surface area (Å²) in [7, 11) is 0. The summed E-state index contributed by atoms with van der Waals surface area (Å²) in [5.74, 6) is 0.629. The molecular formula is C23H27N3O5. The van der Waals surface area contributed by atoms with Gasteiger partial charge in [0.25, 0.3) is 11.8 Å². The van der Waals surface area contributed by atoms with E-state index in [-0.39, 0.29) is 36.5 Å². The van der Waals surface area contributed by atoms with Crippen LogP contribution >= 0.6 is 0 Å². The molecular weight excluding hydrogens is 398 g/mol. The Morgan fingerprint density at radius 1 is 1.10 bits per heavy atom. The molecule has 1 aromatic carbocycles. The van der Waals surface area contributed by atoms with Gasteiger partial charge in [-0.25, -0.2) is 0 Å². The number of benzene rings is 1. The summed E-state index contributed by atoms with van der Waals surface area (Å²) >= 11 is 0. The van der Waals surface area contributed by atoms with Gasteiger partial charge in [0.2, 0.25) is 0 Å². The van der Waals surface area contributed by atoms with Gasteiger partial charge in [-0.1, -0.05) is 6.42 Å². The number of hydrogen-bond donors (Lipinski definition) is 1. The molecule has 0 unspecified atom stereocenters. The summed E-state index contributed by atoms with van der Waals surface area (Å²) in [5, 5.41) is 2.90. The number of ketones is 1. The number of carbonyl (C=O) groups excluding carboxylic acids is 3. The van der Waals surface area contributed by atoms with E-state index in [1.54, 1.807) is 30.3 Å². The lowest BCUT2D eigenvalue weighted by Crippen LogP contribution is -2.38. The molecule has 1 aromatic heterocycles. The van der Waals surface area contributed by atoms with Crippen molar-refractivity contribution >= 4 is 23.3 Å². The maximum absolute atomic E-state index is 12.5. The van der Waals surface area contributed by atoms with Crippen LogP contribution in [0.4, 0.5) is 5.69 Å². The first-order chi connectivity index (χ1) is 15.0. The summed E-state index contributed by atoms with van der Waals surface area (Å²) in [6, 6.07) is 8.31. The average Bonchev–Trinajstić information content (AvgIpc) is 3.25. The summed E-state index contributed by atoms with van der Waals surface area (Å²) in [6.45, 7) is 5.10. The number of furan rings is 1. The normalized spacial score (nSPS) is 16.5. The van der Waals surface area contributed by atoms with Crippen LogP contribution in [0.5, 0.6) is 5.75 Å². The van der Waals surface area contributed by atoms with Crippen LogP contribution < -0.4 is 15.0 Å². The quantitative estimate of drug-likeness (QED) is 0.686. The molecule has 0 bridgehead atoms. The lowest BCUT2D eigenvalue weighted by molar-refractivity contribution is -0.121. The van der Waals surface area contributed by atoms with Crippen molar-refractivity contribution in [2.45, 2.75) is 32.7 Å². The molecule has 164 valence electrons. The van der Waals surface area contributed by atoms with Gasteiger partial charge in [-0.2, -0.15) is 0 Å². The predicted molar refractivity (Wildman–Crippen MR) is 114 cm³/mol. The molecule has 8 heteroatoms. The van der Waals surface area contributed by atoms with Crippen LogP contribution in [-0.4, -0.2) is 55.3 Å². The largest absolute Gasteiger partial charge is 0.482 e. The van der Waals surface area contributed by atoms with Gasteiger partial charge in [0.05, 0.1) is 12.2 Å². The molecule has 2 aliphatic heterocycles. The summed E-state index contributed by atoms with van der Waals surface area (Å²) in [5.41, 5.74) is 1.02. The molecule has 0 aliphatic carbocycles. The van der Waals surface area contributed by atoms with E-state index in [0.717, 1.165) is 19.6 Å². The molecule has 3 heterocycles. The molecule has 1 N–H and O–H groups in total. The predicted octanol–water partition coefficient (Wildman–Crippen LogP) is 2.62. The minimum Gasteiger partial charge on any atom is -0.482 e. The van der Waals surface area contributed by atoms with Crippen LogP contribution in [0.2, 0.25) is 0 Å². The first-order valence-electron chi connectivity index (χ1n) is 10.7. The van der Waals surface area contributed by atoms with Gasteiger partial charge >= 0.3 is 0 Å². The number of nitrogens with zero attached hydrogens (tertiary/aromatic N) is 2. The molecule has 1 fully saturated rings. The van der Waals surface area contributed by atoms with Crippen molar-refractivity contribution in [3.63, 3.8) is 0 Å². The van der Waals surface area contributed by atoms with Crippen molar-refractivity contribution in [1.29, 1.82) is 0 Å². The third-order valence-corrected chi connectivity index (χ3v) is 5.67. The third kappa shape index (κ3) is 4.96. The van der Waals surface area contributed by atoms with E-state index in [0.29, 0.717) is 29.3 Å². The molecule has 0 saturated carbocycles. The number of carbonyl (C=O) groups is 3. The number of nitrogens with one attached hydrogen (secondary N) is 1. The fourth-order valence-electron chi connectivity index (χ4n) is 3.93. The van der Waals surface area contributed by atoms with Gasteiger partial charge in [-0.05, 0) is 63.2 Å². The van der Waals surface area contributed by atoms with Gasteiger partial charge in [-0.3, -0.25) is 19.3 Å². The van der Waals surface area contributed by atoms with Crippen molar-refractivity contribution in [3.8, 4) is 5.75 Å². The van der Waals surface area contributed by atoms with Gasteiger partial charge in [0.1, 0.15) is 11.5 Å². The maximum atomic E-state index is 12.5. The van der Waals surface area contributed by atoms with Crippen molar-refractivity contribution < 1.29 is 23.5 Å². The Morgan fingerprint density at radius 2 is 1.90 bits per heavy atom. The van der Waals surface area contributed by atoms with Gasteiger partial charge in [-0.15, -0.1) is 0 Å². The van der Waals surface area contributed by atoms with Crippen molar-refractivity contribution in [2.24, 2.45) is 0 Å². The summed E-state index contributed by atoms with van der Waals surface area (Å²) in [6.07, 6.45) is 3.71. The van der Waals surface area contributed by atoms with Gasteiger partial charge in [0, 0.05) is 18.7 Å². The van der Waals surface area contributed by atoms with E-state index in [1.807, 2.05) is 0 Å². The Morgan fingerprint density at radius 3 is 2.68 bits per heavy atom. The number of piperidine rings is 1. The molecule has 2 amide bonds. The highest BCUT2D eigenvalue weighted by Crippen LogP contribution is 2.34. The van der Waals surface area contributed by atoms with Crippen LogP contribution in [-0.2, 0) is 11.3 Å². The van der Waals surface area contributed by atoms with Gasteiger partial charge in [0.15, 0.2) is 18.2 Å². The van der Waals surface area contributed by atoms with E-state index in [4.69, 9.17) is 9.15 Å². The van der Waals surface area contributed by atoms with Crippen LogP contribution in [0.1, 0.15) is 52.9 Å². The fourth-order valence-corrected chi connectivity index (χ4v) is 3.93. The highest BCUT2D eigenvalue weighted by molar-refractivity contribution is 6.01. The zero-order valence-electron chi connectivity index (χ0n) is 17.7. The highest BCUT2D eigenvalue weighted by Gasteiger charge is 2.27. The zero-order chi connectivity index (χ0) is 21.8. The number of ether oxygens (including phenoxy) is 1. The molecule has 31 heavy (non-hydrogen) atoms. The third-order valence-electron chi connectivity index (χ3n) is 5.67. The van der Waals surface area contributed by atoms with E-state index >= 15 is 0 Å². The molecule has 4 rings (SSSR count). The SMILES string of the molecule is CC(=O)c1ccc2c(c1)N(Cc1ccc(C(=O)NCCN3CCCCC3)o1)C(=O)CO2. The van der Waals surface area contributed by atoms with E-state index in [9.17, 15) is 14.4 Å². The number of anilines is 1. The second-order valence-corrected chi connectivity index (χ2v) is 7.93. The number of hydrogen-bond acceptors (Lipinski definition) is 6. The van der Waals surface area contributed by atoms with Crippen molar-refractivity contribution in [1.82, 2.24) is 10.2 Å². The zero-order valence-corrected chi connectivity index (χ0v) is 17.7. The molecule has 2 aliphatic rings. The van der Waals surface area contributed by atoms with E-state index in [1.165, 1.54) is 31.1 Å². The van der Waals surface area contributed by atoms with Crippen LogP contribution in [0, 0.1) is 0 Å². The Labute approximate surface area is 181 Å². The maximum Gasteiger partial charge on any atom is 0.287 e. The summed E-state index contributed by atoms with van der Waals surface area (Å²) in [4.78, 5) is 40.5. The molecule has 1 saturated heterocycles. The fraction of sp³-hybridized carbons (Fsp3) is 0.435. The standard InChI is InChI=1S/C23H27N3O5/c1-16(27)17-5-7-20-19(13-17)26(22(28)15-30-20)14-18-6-8-21(31-18)23(29)24-9-12-25-10-3-2-4-11-25/h5-8,13H,2-4,9-12,14-15H2,1H3,(H,24,29). The highest BCUT2D eigenvalue weighted by atomic mass is 16.5. The first-order valence-corrected chi connectivity index (χ1v) is 10.7. The number of rotatable bonds is 7. The molecule has 0 spiro atoms. The molecule has 0 atom stereocenters. The topological polar surface area (TPSA) is 92.1 Å². The minimum absolute atomic E-state index is 0.0863. The van der Waals surface area contributed by atoms with Crippen molar-refractivity contribution in [2.75, 3.05) is 37.7 Å². The number of amides is 2. The Kier molecular flexibility index (Phi) is 6.36. The van der Waals surface area contributed by atoms with E-state index < -0.39 is 0 Å². The minimum atomic E-state index is -0.268. The van der Waals surface area contributed by atoms with Gasteiger partial charge < -0.3 is 19.4 Å². The molecule has 2 aromatic rings. The average molecular weight is 425 g/mol. The van der Waals surface area contributed by atoms with Crippen LogP contribution in [0.3, 0.4) is 0 Å². The second kappa shape index (κ2) is 9.34. The monoisotopic (exact) mass is 425 g/mol. The lowest BCUT2D eigenvalue weighted by Gasteiger charge is -2.29. The van der Waals surface area contributed by atoms with Crippen LogP contribution in [0.25, 0.3) is 0 Å². The van der Waals surface area contributed by atoms with Crippen LogP contribution in [0.15, 0.2) is 34.7 Å². The Balaban J connectivity index is 1.39. The second-order valence-electron chi connectivity index (χ2n) is 7.93.